The van der Waals surface area contributed by atoms with Gasteiger partial charge < -0.3 is 24.8 Å². The Labute approximate surface area is 207 Å². The highest BCUT2D eigenvalue weighted by Gasteiger charge is 2.45. The predicted molar refractivity (Wildman–Crippen MR) is 125 cm³/mol. The van der Waals surface area contributed by atoms with Gasteiger partial charge in [-0.2, -0.15) is 0 Å². The van der Waals surface area contributed by atoms with Gasteiger partial charge in [-0.05, 0) is 39.0 Å². The van der Waals surface area contributed by atoms with Crippen LogP contribution in [0.2, 0.25) is 0 Å². The molecule has 0 aliphatic carbocycles. The molecule has 0 aromatic rings. The second-order valence-corrected chi connectivity index (χ2v) is 11.8. The summed E-state index contributed by atoms with van der Waals surface area (Å²) < 4.78 is 17.9. The Bertz CT molecular complexity index is 943. The fraction of sp³-hybridized carbons (Fsp3) is 0.783. The standard InChI is InChI=1S/C23H34N4O7S/c1-13-9-17-23(32)34-14(2)10-19(28)25-6-4-5-16(25)22(31)26-7-8-35(33)12-18(26)20(29)24-15(3)21(30)27(17)11-13/h13-18H,4-12H2,1-3H3,(H,24,29)/t13-,14+,15+,16+,17+,18+,35?/m1/s1. The van der Waals surface area contributed by atoms with Crippen LogP contribution in [-0.2, 0) is 39.5 Å². The lowest BCUT2D eigenvalue weighted by atomic mass is 10.1. The van der Waals surface area contributed by atoms with Crippen LogP contribution < -0.4 is 5.32 Å². The number of hydrogen-bond donors (Lipinski definition) is 1. The summed E-state index contributed by atoms with van der Waals surface area (Å²) in [4.78, 5) is 70.3. The summed E-state index contributed by atoms with van der Waals surface area (Å²) >= 11 is 0. The number of carbonyl (C=O) groups is 5. The third-order valence-electron chi connectivity index (χ3n) is 7.30. The van der Waals surface area contributed by atoms with Gasteiger partial charge in [0, 0.05) is 36.2 Å². The maximum absolute atomic E-state index is 13.5. The lowest BCUT2D eigenvalue weighted by Crippen LogP contribution is -2.62. The summed E-state index contributed by atoms with van der Waals surface area (Å²) in [6.07, 6.45) is 0.763. The van der Waals surface area contributed by atoms with Crippen molar-refractivity contribution in [3.05, 3.63) is 0 Å². The van der Waals surface area contributed by atoms with Crippen LogP contribution in [0, 0.1) is 5.92 Å². The molecule has 0 bridgehead atoms. The van der Waals surface area contributed by atoms with Crippen LogP contribution in [0.5, 0.6) is 0 Å². The van der Waals surface area contributed by atoms with E-state index in [4.69, 9.17) is 4.74 Å². The summed E-state index contributed by atoms with van der Waals surface area (Å²) in [5.74, 6) is -1.90. The number of nitrogens with zero attached hydrogens (tertiary/aromatic N) is 3. The second-order valence-electron chi connectivity index (χ2n) is 10.1. The van der Waals surface area contributed by atoms with E-state index in [-0.39, 0.29) is 42.2 Å². The van der Waals surface area contributed by atoms with E-state index in [1.165, 1.54) is 14.7 Å². The molecular formula is C23H34N4O7S. The van der Waals surface area contributed by atoms with Gasteiger partial charge in [0.2, 0.25) is 23.6 Å². The van der Waals surface area contributed by atoms with E-state index < -0.39 is 58.9 Å². The average molecular weight is 511 g/mol. The molecule has 4 rings (SSSR count). The molecule has 1 unspecified atom stereocenters. The van der Waals surface area contributed by atoms with E-state index >= 15 is 0 Å². The number of nitrogens with one attached hydrogen (secondary N) is 1. The monoisotopic (exact) mass is 510 g/mol. The largest absolute Gasteiger partial charge is 0.461 e. The van der Waals surface area contributed by atoms with Crippen molar-refractivity contribution >= 4 is 40.4 Å². The highest BCUT2D eigenvalue weighted by molar-refractivity contribution is 7.85. The minimum absolute atomic E-state index is 0.0219. The Balaban J connectivity index is 1.66. The molecule has 4 aliphatic rings. The van der Waals surface area contributed by atoms with E-state index in [2.05, 4.69) is 5.32 Å². The van der Waals surface area contributed by atoms with E-state index in [1.54, 1.807) is 13.8 Å². The third kappa shape index (κ3) is 5.22. The summed E-state index contributed by atoms with van der Waals surface area (Å²) in [7, 11) is -1.28. The quantitative estimate of drug-likeness (QED) is 0.414. The summed E-state index contributed by atoms with van der Waals surface area (Å²) in [5, 5.41) is 2.68. The van der Waals surface area contributed by atoms with Crippen LogP contribution in [0.1, 0.15) is 46.5 Å². The van der Waals surface area contributed by atoms with Crippen molar-refractivity contribution in [1.82, 2.24) is 20.0 Å². The highest BCUT2D eigenvalue weighted by Crippen LogP contribution is 2.27. The zero-order valence-corrected chi connectivity index (χ0v) is 21.3. The fourth-order valence-electron chi connectivity index (χ4n) is 5.51. The molecule has 4 amide bonds. The molecule has 0 radical (unpaired) electrons. The van der Waals surface area contributed by atoms with E-state index in [0.29, 0.717) is 32.4 Å². The number of rotatable bonds is 0. The molecule has 4 heterocycles. The molecule has 0 aromatic heterocycles. The van der Waals surface area contributed by atoms with Crippen LogP contribution >= 0.6 is 0 Å². The fourth-order valence-corrected chi connectivity index (χ4v) is 6.76. The summed E-state index contributed by atoms with van der Waals surface area (Å²) in [6.45, 7) is 6.01. The van der Waals surface area contributed by atoms with E-state index in [1.807, 2.05) is 6.92 Å². The van der Waals surface area contributed by atoms with Crippen molar-refractivity contribution in [3.63, 3.8) is 0 Å². The Morgan fingerprint density at radius 3 is 2.40 bits per heavy atom. The van der Waals surface area contributed by atoms with Gasteiger partial charge in [0.25, 0.3) is 0 Å². The van der Waals surface area contributed by atoms with Crippen LogP contribution in [0.4, 0.5) is 0 Å². The SMILES string of the molecule is C[C@@H]1C[C@H]2C(=O)O[C@@H](C)CC(=O)N3CCC[C@H]3C(=O)N3CCS(=O)C[C@H]3C(=O)N[C@@H](C)C(=O)N2C1. The smallest absolute Gasteiger partial charge is 0.329 e. The molecule has 194 valence electrons. The van der Waals surface area contributed by atoms with Crippen LogP contribution in [0.3, 0.4) is 0 Å². The normalized spacial score (nSPS) is 37.5. The van der Waals surface area contributed by atoms with Crippen LogP contribution in [0.15, 0.2) is 0 Å². The molecule has 4 aliphatic heterocycles. The topological polar surface area (TPSA) is 133 Å². The summed E-state index contributed by atoms with van der Waals surface area (Å²) in [5.41, 5.74) is 0. The number of esters is 1. The van der Waals surface area contributed by atoms with Gasteiger partial charge in [-0.3, -0.25) is 23.4 Å². The first-order valence-electron chi connectivity index (χ1n) is 12.3. The Kier molecular flexibility index (Phi) is 7.48. The third-order valence-corrected chi connectivity index (χ3v) is 8.62. The lowest BCUT2D eigenvalue weighted by molar-refractivity contribution is -0.160. The molecule has 12 heteroatoms. The molecule has 35 heavy (non-hydrogen) atoms. The van der Waals surface area contributed by atoms with Crippen molar-refractivity contribution in [3.8, 4) is 0 Å². The lowest BCUT2D eigenvalue weighted by Gasteiger charge is -2.38. The number of carbonyl (C=O) groups excluding carboxylic acids is 5. The first kappa shape index (κ1) is 25.6. The van der Waals surface area contributed by atoms with Gasteiger partial charge in [-0.15, -0.1) is 0 Å². The molecule has 4 fully saturated rings. The van der Waals surface area contributed by atoms with Gasteiger partial charge in [-0.1, -0.05) is 6.92 Å². The molecule has 0 saturated carbocycles. The number of amides is 4. The Morgan fingerprint density at radius 2 is 1.66 bits per heavy atom. The van der Waals surface area contributed by atoms with E-state index in [0.717, 1.165) is 0 Å². The maximum atomic E-state index is 13.5. The molecule has 1 N–H and O–H groups in total. The van der Waals surface area contributed by atoms with Crippen molar-refractivity contribution in [2.24, 2.45) is 5.92 Å². The van der Waals surface area contributed by atoms with Crippen LogP contribution in [0.25, 0.3) is 0 Å². The first-order chi connectivity index (χ1) is 16.6. The minimum Gasteiger partial charge on any atom is -0.461 e. The number of cyclic esters (lactones) is 1. The van der Waals surface area contributed by atoms with Crippen LogP contribution in [-0.4, -0.2) is 110 Å². The zero-order chi connectivity index (χ0) is 25.4. The molecule has 0 aromatic carbocycles. The molecule has 7 atom stereocenters. The molecule has 0 spiro atoms. The van der Waals surface area contributed by atoms with Gasteiger partial charge in [0.05, 0.1) is 12.2 Å². The average Bonchev–Trinajstić information content (AvgIpc) is 3.44. The molecule has 11 nitrogen and oxygen atoms in total. The first-order valence-corrected chi connectivity index (χ1v) is 13.8. The second kappa shape index (κ2) is 10.2. The predicted octanol–water partition coefficient (Wildman–Crippen LogP) is -0.986. The zero-order valence-electron chi connectivity index (χ0n) is 20.4. The van der Waals surface area contributed by atoms with Crippen molar-refractivity contribution in [2.45, 2.75) is 76.7 Å². The van der Waals surface area contributed by atoms with Gasteiger partial charge >= 0.3 is 5.97 Å². The Hall–Kier alpha value is -2.50. The number of ether oxygens (including phenoxy) is 1. The molecule has 4 saturated heterocycles. The van der Waals surface area contributed by atoms with Crippen molar-refractivity contribution in [2.75, 3.05) is 31.1 Å². The van der Waals surface area contributed by atoms with Gasteiger partial charge in [0.1, 0.15) is 30.3 Å². The maximum Gasteiger partial charge on any atom is 0.329 e. The van der Waals surface area contributed by atoms with Gasteiger partial charge in [0.15, 0.2) is 0 Å². The number of hydrogen-bond acceptors (Lipinski definition) is 7. The van der Waals surface area contributed by atoms with Gasteiger partial charge in [-0.25, -0.2) is 4.79 Å². The molecular weight excluding hydrogens is 476 g/mol. The minimum atomic E-state index is -1.28. The Morgan fingerprint density at radius 1 is 0.914 bits per heavy atom. The highest BCUT2D eigenvalue weighted by atomic mass is 32.2. The van der Waals surface area contributed by atoms with Crippen molar-refractivity contribution < 1.29 is 32.9 Å². The number of fused-ring (bicyclic) bond motifs is 3. The van der Waals surface area contributed by atoms with E-state index in [9.17, 15) is 28.2 Å². The summed E-state index contributed by atoms with van der Waals surface area (Å²) in [6, 6.07) is -3.44. The van der Waals surface area contributed by atoms with Crippen molar-refractivity contribution in [1.29, 1.82) is 0 Å².